The SMILES string of the molecule is CC1(O)C(O)C(CO)OC1n1cnc2c1NC(N)NC2=O. The van der Waals surface area contributed by atoms with Gasteiger partial charge in [-0.25, -0.2) is 4.98 Å². The number of nitrogens with one attached hydrogen (secondary N) is 2. The summed E-state index contributed by atoms with van der Waals surface area (Å²) >= 11 is 0. The molecule has 1 amide bonds. The quantitative estimate of drug-likeness (QED) is 0.344. The monoisotopic (exact) mass is 299 g/mol. The standard InChI is InChI=1S/C11H17N5O5/c1-11(20)6(18)4(2-17)21-9(11)16-3-13-5-7(16)14-10(12)15-8(5)19/h3-4,6,9-10,14,17-18,20H,2,12H2,1H3,(H,15,19). The zero-order valence-corrected chi connectivity index (χ0v) is 11.2. The number of amides is 1. The van der Waals surface area contributed by atoms with Gasteiger partial charge in [-0.2, -0.15) is 0 Å². The Balaban J connectivity index is 2.01. The Morgan fingerprint density at radius 3 is 2.90 bits per heavy atom. The van der Waals surface area contributed by atoms with Gasteiger partial charge in [0.1, 0.15) is 23.6 Å². The van der Waals surface area contributed by atoms with Crippen molar-refractivity contribution in [3.63, 3.8) is 0 Å². The number of rotatable bonds is 2. The normalized spacial score (nSPS) is 38.8. The van der Waals surface area contributed by atoms with Gasteiger partial charge in [-0.05, 0) is 6.92 Å². The van der Waals surface area contributed by atoms with Crippen molar-refractivity contribution >= 4 is 11.7 Å². The number of anilines is 1. The molecule has 0 spiro atoms. The molecule has 5 unspecified atom stereocenters. The van der Waals surface area contributed by atoms with E-state index in [0.717, 1.165) is 0 Å². The van der Waals surface area contributed by atoms with Crippen LogP contribution in [0.25, 0.3) is 0 Å². The molecule has 5 atom stereocenters. The summed E-state index contributed by atoms with van der Waals surface area (Å²) in [5.74, 6) is -0.172. The zero-order valence-electron chi connectivity index (χ0n) is 11.2. The minimum atomic E-state index is -1.67. The molecule has 2 aliphatic heterocycles. The Bertz CT molecular complexity index is 573. The number of nitrogens with zero attached hydrogens (tertiary/aromatic N) is 2. The molecule has 1 aromatic rings. The molecule has 0 aromatic carbocycles. The fourth-order valence-corrected chi connectivity index (χ4v) is 2.63. The topological polar surface area (TPSA) is 155 Å². The third kappa shape index (κ3) is 2.00. The van der Waals surface area contributed by atoms with Crippen LogP contribution in [0.15, 0.2) is 6.33 Å². The predicted octanol–water partition coefficient (Wildman–Crippen LogP) is -2.72. The second-order valence-electron chi connectivity index (χ2n) is 5.32. The first-order valence-electron chi connectivity index (χ1n) is 6.42. The number of aliphatic hydroxyl groups excluding tert-OH is 2. The van der Waals surface area contributed by atoms with Crippen LogP contribution >= 0.6 is 0 Å². The van der Waals surface area contributed by atoms with Crippen LogP contribution in [0.3, 0.4) is 0 Å². The number of fused-ring (bicyclic) bond motifs is 1. The van der Waals surface area contributed by atoms with E-state index < -0.39 is 42.8 Å². The van der Waals surface area contributed by atoms with E-state index in [4.69, 9.17) is 10.5 Å². The van der Waals surface area contributed by atoms with Gasteiger partial charge in [0, 0.05) is 0 Å². The van der Waals surface area contributed by atoms with Crippen molar-refractivity contribution in [3.8, 4) is 0 Å². The van der Waals surface area contributed by atoms with Gasteiger partial charge in [0.2, 0.25) is 0 Å². The second kappa shape index (κ2) is 4.64. The molecule has 3 heterocycles. The van der Waals surface area contributed by atoms with E-state index in [1.807, 2.05) is 0 Å². The van der Waals surface area contributed by atoms with Gasteiger partial charge in [0.25, 0.3) is 5.91 Å². The zero-order chi connectivity index (χ0) is 15.4. The smallest absolute Gasteiger partial charge is 0.276 e. The molecule has 116 valence electrons. The lowest BCUT2D eigenvalue weighted by atomic mass is 9.96. The maximum atomic E-state index is 11.8. The van der Waals surface area contributed by atoms with Gasteiger partial charge in [0.05, 0.1) is 12.9 Å². The highest BCUT2D eigenvalue weighted by Gasteiger charge is 2.53. The Kier molecular flexibility index (Phi) is 3.15. The molecule has 7 N–H and O–H groups in total. The maximum Gasteiger partial charge on any atom is 0.276 e. The number of hydrogen-bond donors (Lipinski definition) is 6. The van der Waals surface area contributed by atoms with Crippen LogP contribution in [0.4, 0.5) is 5.82 Å². The van der Waals surface area contributed by atoms with Crippen LogP contribution in [0.1, 0.15) is 23.6 Å². The van der Waals surface area contributed by atoms with Crippen molar-refractivity contribution in [3.05, 3.63) is 12.0 Å². The van der Waals surface area contributed by atoms with E-state index in [2.05, 4.69) is 15.6 Å². The maximum absolute atomic E-state index is 11.8. The fraction of sp³-hybridized carbons (Fsp3) is 0.636. The molecule has 1 saturated heterocycles. The van der Waals surface area contributed by atoms with Crippen LogP contribution in [-0.2, 0) is 4.74 Å². The van der Waals surface area contributed by atoms with E-state index in [1.165, 1.54) is 17.8 Å². The van der Waals surface area contributed by atoms with Gasteiger partial charge in [-0.1, -0.05) is 0 Å². The highest BCUT2D eigenvalue weighted by atomic mass is 16.6. The molecule has 10 nitrogen and oxygen atoms in total. The Labute approximate surface area is 119 Å². The number of imidazole rings is 1. The average molecular weight is 299 g/mol. The molecule has 2 aliphatic rings. The molecule has 0 saturated carbocycles. The number of ether oxygens (including phenoxy) is 1. The van der Waals surface area contributed by atoms with Gasteiger partial charge in [-0.15, -0.1) is 0 Å². The van der Waals surface area contributed by atoms with E-state index in [9.17, 15) is 20.1 Å². The number of hydrogen-bond acceptors (Lipinski definition) is 8. The van der Waals surface area contributed by atoms with Crippen LogP contribution in [0, 0.1) is 0 Å². The van der Waals surface area contributed by atoms with E-state index in [1.54, 1.807) is 0 Å². The molecular formula is C11H17N5O5. The molecule has 1 fully saturated rings. The number of aliphatic hydroxyl groups is 3. The minimum Gasteiger partial charge on any atom is -0.394 e. The average Bonchev–Trinajstić information content (AvgIpc) is 2.91. The summed E-state index contributed by atoms with van der Waals surface area (Å²) in [5, 5.41) is 34.9. The lowest BCUT2D eigenvalue weighted by Crippen LogP contribution is -2.51. The molecular weight excluding hydrogens is 282 g/mol. The molecule has 21 heavy (non-hydrogen) atoms. The van der Waals surface area contributed by atoms with E-state index in [0.29, 0.717) is 0 Å². The van der Waals surface area contributed by atoms with Gasteiger partial charge in [0.15, 0.2) is 18.2 Å². The highest BCUT2D eigenvalue weighted by Crippen LogP contribution is 2.40. The minimum absolute atomic E-state index is 0.109. The molecule has 0 aliphatic carbocycles. The van der Waals surface area contributed by atoms with Gasteiger partial charge < -0.3 is 30.7 Å². The summed E-state index contributed by atoms with van der Waals surface area (Å²) in [6.07, 6.45) is -2.73. The molecule has 0 radical (unpaired) electrons. The third-order valence-electron chi connectivity index (χ3n) is 3.77. The Morgan fingerprint density at radius 2 is 2.29 bits per heavy atom. The molecule has 1 aromatic heterocycles. The van der Waals surface area contributed by atoms with Crippen LogP contribution in [0.5, 0.6) is 0 Å². The Hall–Kier alpha value is -1.72. The van der Waals surface area contributed by atoms with Crippen molar-refractivity contribution in [2.45, 2.75) is 37.3 Å². The first-order valence-corrected chi connectivity index (χ1v) is 6.42. The lowest BCUT2D eigenvalue weighted by Gasteiger charge is -2.30. The third-order valence-corrected chi connectivity index (χ3v) is 3.77. The molecule has 3 rings (SSSR count). The van der Waals surface area contributed by atoms with E-state index >= 15 is 0 Å². The highest BCUT2D eigenvalue weighted by molar-refractivity contribution is 5.99. The summed E-state index contributed by atoms with van der Waals surface area (Å²) in [4.78, 5) is 15.7. The van der Waals surface area contributed by atoms with Gasteiger partial charge in [-0.3, -0.25) is 15.1 Å². The fourth-order valence-electron chi connectivity index (χ4n) is 2.63. The molecule has 10 heteroatoms. The predicted molar refractivity (Wildman–Crippen MR) is 68.9 cm³/mol. The number of nitrogens with two attached hydrogens (primary N) is 1. The summed E-state index contributed by atoms with van der Waals surface area (Å²) in [6.45, 7) is 0.936. The summed E-state index contributed by atoms with van der Waals surface area (Å²) in [5.41, 5.74) is 4.08. The summed E-state index contributed by atoms with van der Waals surface area (Å²) < 4.78 is 6.86. The van der Waals surface area contributed by atoms with Crippen molar-refractivity contribution in [1.29, 1.82) is 0 Å². The number of aromatic nitrogens is 2. The van der Waals surface area contributed by atoms with Crippen molar-refractivity contribution in [2.24, 2.45) is 5.73 Å². The first-order chi connectivity index (χ1) is 9.86. The number of carbonyl (C=O) groups excluding carboxylic acids is 1. The van der Waals surface area contributed by atoms with Gasteiger partial charge >= 0.3 is 0 Å². The number of carbonyl (C=O) groups is 1. The van der Waals surface area contributed by atoms with Crippen molar-refractivity contribution < 1.29 is 24.9 Å². The largest absolute Gasteiger partial charge is 0.394 e. The van der Waals surface area contributed by atoms with Crippen molar-refractivity contribution in [2.75, 3.05) is 11.9 Å². The Morgan fingerprint density at radius 1 is 1.57 bits per heavy atom. The molecule has 0 bridgehead atoms. The summed E-state index contributed by atoms with van der Waals surface area (Å²) in [6, 6.07) is 0. The van der Waals surface area contributed by atoms with Crippen LogP contribution < -0.4 is 16.4 Å². The first kappa shape index (κ1) is 14.2. The lowest BCUT2D eigenvalue weighted by molar-refractivity contribution is -0.0958. The van der Waals surface area contributed by atoms with E-state index in [-0.39, 0.29) is 11.5 Å². The summed E-state index contributed by atoms with van der Waals surface area (Å²) in [7, 11) is 0. The van der Waals surface area contributed by atoms with Crippen molar-refractivity contribution in [1.82, 2.24) is 14.9 Å². The van der Waals surface area contributed by atoms with Crippen LogP contribution in [-0.4, -0.2) is 61.5 Å². The second-order valence-corrected chi connectivity index (χ2v) is 5.32. The van der Waals surface area contributed by atoms with Crippen LogP contribution in [0.2, 0.25) is 0 Å².